The second-order valence-corrected chi connectivity index (χ2v) is 8.27. The number of benzene rings is 3. The van der Waals surface area contributed by atoms with E-state index in [0.717, 1.165) is 6.16 Å². The van der Waals surface area contributed by atoms with Gasteiger partial charge in [-0.3, -0.25) is 0 Å². The predicted octanol–water partition coefficient (Wildman–Crippen LogP) is 3.73. The molecule has 0 heterocycles. The summed E-state index contributed by atoms with van der Waals surface area (Å²) >= 11 is 0. The summed E-state index contributed by atoms with van der Waals surface area (Å²) in [5, 5.41) is 2.50. The van der Waals surface area contributed by atoms with Crippen LogP contribution in [0.3, 0.4) is 0 Å². The van der Waals surface area contributed by atoms with Crippen molar-refractivity contribution in [1.29, 1.82) is 0 Å². The smallest absolute Gasteiger partial charge is 0.147 e. The van der Waals surface area contributed by atoms with Gasteiger partial charge in [-0.25, -0.2) is 0 Å². The molecule has 0 aliphatic carbocycles. The molecule has 0 spiro atoms. The molecule has 0 unspecified atom stereocenters. The summed E-state index contributed by atoms with van der Waals surface area (Å²) in [6, 6.07) is 31.5. The number of rotatable bonds is 4. The van der Waals surface area contributed by atoms with Crippen LogP contribution in [0.1, 0.15) is 5.56 Å². The van der Waals surface area contributed by atoms with Crippen LogP contribution >= 0.6 is 7.41 Å². The fraction of sp³-hybridized carbons (Fsp3) is 0.0526. The predicted molar refractivity (Wildman–Crippen MR) is 93.4 cm³/mol. The SMILES string of the molecule is N[P+](Cc1ccccc1)(c1ccccc1)c1ccccc1. The van der Waals surface area contributed by atoms with Crippen LogP contribution in [0.5, 0.6) is 0 Å². The monoisotopic (exact) mass is 292 g/mol. The van der Waals surface area contributed by atoms with Gasteiger partial charge in [-0.1, -0.05) is 66.7 Å². The van der Waals surface area contributed by atoms with Crippen molar-refractivity contribution in [1.82, 2.24) is 0 Å². The van der Waals surface area contributed by atoms with Gasteiger partial charge in [0, 0.05) is 0 Å². The Labute approximate surface area is 126 Å². The lowest BCUT2D eigenvalue weighted by molar-refractivity contribution is 1.37. The van der Waals surface area contributed by atoms with Gasteiger partial charge in [0.2, 0.25) is 0 Å². The third-order valence-electron chi connectivity index (χ3n) is 3.71. The molecule has 3 rings (SSSR count). The molecule has 0 amide bonds. The minimum Gasteiger partial charge on any atom is -0.195 e. The maximum atomic E-state index is 6.98. The number of nitrogens with two attached hydrogens (primary N) is 1. The Balaban J connectivity index is 2.07. The molecule has 3 aromatic carbocycles. The second-order valence-electron chi connectivity index (χ2n) is 5.18. The van der Waals surface area contributed by atoms with Gasteiger partial charge in [-0.15, -0.1) is 0 Å². The molecule has 0 fully saturated rings. The summed E-state index contributed by atoms with van der Waals surface area (Å²) in [6.45, 7) is 0. The van der Waals surface area contributed by atoms with Crippen molar-refractivity contribution in [3.05, 3.63) is 96.6 Å². The minimum absolute atomic E-state index is 0.891. The van der Waals surface area contributed by atoms with Gasteiger partial charge in [-0.05, 0) is 29.8 Å². The van der Waals surface area contributed by atoms with Crippen LogP contribution in [-0.4, -0.2) is 0 Å². The van der Waals surface area contributed by atoms with E-state index >= 15 is 0 Å². The van der Waals surface area contributed by atoms with Gasteiger partial charge >= 0.3 is 0 Å². The highest BCUT2D eigenvalue weighted by Gasteiger charge is 2.38. The molecule has 0 aliphatic heterocycles. The Morgan fingerprint density at radius 1 is 0.571 bits per heavy atom. The van der Waals surface area contributed by atoms with E-state index in [1.165, 1.54) is 16.2 Å². The van der Waals surface area contributed by atoms with E-state index < -0.39 is 7.41 Å². The van der Waals surface area contributed by atoms with E-state index in [0.29, 0.717) is 0 Å². The van der Waals surface area contributed by atoms with Gasteiger partial charge in [0.1, 0.15) is 24.2 Å². The van der Waals surface area contributed by atoms with Gasteiger partial charge in [-0.2, -0.15) is 5.50 Å². The zero-order chi connectivity index (χ0) is 14.5. The van der Waals surface area contributed by atoms with Crippen LogP contribution in [0.4, 0.5) is 0 Å². The summed E-state index contributed by atoms with van der Waals surface area (Å²) in [4.78, 5) is 0. The van der Waals surface area contributed by atoms with E-state index in [9.17, 15) is 0 Å². The Kier molecular flexibility index (Phi) is 4.15. The first-order chi connectivity index (χ1) is 10.3. The summed E-state index contributed by atoms with van der Waals surface area (Å²) in [5.41, 5.74) is 8.28. The van der Waals surface area contributed by atoms with Crippen molar-refractivity contribution >= 4 is 18.0 Å². The molecule has 0 saturated carbocycles. The van der Waals surface area contributed by atoms with Gasteiger partial charge in [0.25, 0.3) is 0 Å². The maximum Gasteiger partial charge on any atom is 0.147 e. The average molecular weight is 292 g/mol. The molecule has 21 heavy (non-hydrogen) atoms. The largest absolute Gasteiger partial charge is 0.195 e. The number of hydrogen-bond acceptors (Lipinski definition) is 1. The lowest BCUT2D eigenvalue weighted by atomic mass is 10.2. The first kappa shape index (κ1) is 14.0. The van der Waals surface area contributed by atoms with Crippen molar-refractivity contribution in [3.8, 4) is 0 Å². The lowest BCUT2D eigenvalue weighted by Gasteiger charge is -2.22. The number of hydrogen-bond donors (Lipinski definition) is 1. The fourth-order valence-electron chi connectivity index (χ4n) is 2.59. The molecule has 104 valence electrons. The van der Waals surface area contributed by atoms with E-state index in [2.05, 4.69) is 72.8 Å². The standard InChI is InChI=1S/C19H19NP/c20-21(18-12-6-2-7-13-18,19-14-8-3-9-15-19)16-17-10-4-1-5-11-17/h1-15H,16,20H2/q+1. The molecule has 0 bridgehead atoms. The molecule has 1 nitrogen and oxygen atoms in total. The maximum absolute atomic E-state index is 6.98. The zero-order valence-electron chi connectivity index (χ0n) is 11.9. The molecule has 2 heteroatoms. The van der Waals surface area contributed by atoms with Crippen LogP contribution in [0.25, 0.3) is 0 Å². The topological polar surface area (TPSA) is 26.0 Å². The first-order valence-electron chi connectivity index (χ1n) is 7.11. The van der Waals surface area contributed by atoms with Gasteiger partial charge in [0.15, 0.2) is 0 Å². The van der Waals surface area contributed by atoms with Crippen molar-refractivity contribution in [2.75, 3.05) is 0 Å². The normalized spacial score (nSPS) is 11.3. The lowest BCUT2D eigenvalue weighted by Crippen LogP contribution is -2.30. The highest BCUT2D eigenvalue weighted by Crippen LogP contribution is 2.51. The third-order valence-corrected chi connectivity index (χ3v) is 7.01. The second kappa shape index (κ2) is 6.22. The van der Waals surface area contributed by atoms with E-state index in [4.69, 9.17) is 5.50 Å². The first-order valence-corrected chi connectivity index (χ1v) is 9.15. The molecule has 0 atom stereocenters. The van der Waals surface area contributed by atoms with Crippen LogP contribution in [0.15, 0.2) is 91.0 Å². The Morgan fingerprint density at radius 3 is 1.38 bits per heavy atom. The molecule has 0 radical (unpaired) electrons. The summed E-state index contributed by atoms with van der Waals surface area (Å²) in [6.07, 6.45) is 0.891. The minimum atomic E-state index is -1.90. The zero-order valence-corrected chi connectivity index (χ0v) is 12.8. The molecular formula is C19H19NP+. The quantitative estimate of drug-likeness (QED) is 0.729. The molecule has 0 aromatic heterocycles. The molecule has 0 aliphatic rings. The Morgan fingerprint density at radius 2 is 0.952 bits per heavy atom. The van der Waals surface area contributed by atoms with Crippen LogP contribution in [0, 0.1) is 0 Å². The summed E-state index contributed by atoms with van der Waals surface area (Å²) < 4.78 is 0. The summed E-state index contributed by atoms with van der Waals surface area (Å²) in [5.74, 6) is 0. The molecule has 2 N–H and O–H groups in total. The Hall–Kier alpha value is -1.95. The van der Waals surface area contributed by atoms with E-state index in [-0.39, 0.29) is 0 Å². The van der Waals surface area contributed by atoms with Crippen LogP contribution in [-0.2, 0) is 6.16 Å². The van der Waals surface area contributed by atoms with E-state index in [1.54, 1.807) is 0 Å². The highest BCUT2D eigenvalue weighted by atomic mass is 31.2. The van der Waals surface area contributed by atoms with Crippen molar-refractivity contribution in [3.63, 3.8) is 0 Å². The Bertz CT molecular complexity index is 641. The molecular weight excluding hydrogens is 273 g/mol. The van der Waals surface area contributed by atoms with E-state index in [1.807, 2.05) is 18.2 Å². The highest BCUT2D eigenvalue weighted by molar-refractivity contribution is 7.86. The summed E-state index contributed by atoms with van der Waals surface area (Å²) in [7, 11) is -1.90. The van der Waals surface area contributed by atoms with Crippen LogP contribution in [0.2, 0.25) is 0 Å². The van der Waals surface area contributed by atoms with Crippen molar-refractivity contribution < 1.29 is 0 Å². The van der Waals surface area contributed by atoms with Crippen LogP contribution < -0.4 is 16.1 Å². The fourth-order valence-corrected chi connectivity index (χ4v) is 5.45. The van der Waals surface area contributed by atoms with Crippen molar-refractivity contribution in [2.45, 2.75) is 6.16 Å². The average Bonchev–Trinajstić information content (AvgIpc) is 2.57. The third kappa shape index (κ3) is 3.05. The molecule has 0 saturated heterocycles. The van der Waals surface area contributed by atoms with Crippen molar-refractivity contribution in [2.24, 2.45) is 5.50 Å². The molecule has 3 aromatic rings. The van der Waals surface area contributed by atoms with Gasteiger partial charge in [0.05, 0.1) is 0 Å². The van der Waals surface area contributed by atoms with Gasteiger partial charge < -0.3 is 0 Å².